The Labute approximate surface area is 149 Å². The minimum Gasteiger partial charge on any atom is -0.461 e. The molecule has 0 amide bonds. The van der Waals surface area contributed by atoms with Crippen LogP contribution in [0, 0.1) is 5.92 Å². The number of ether oxygens (including phenoxy) is 1. The Morgan fingerprint density at radius 3 is 2.52 bits per heavy atom. The highest BCUT2D eigenvalue weighted by molar-refractivity contribution is 7.93. The Hall–Kier alpha value is -1.66. The van der Waals surface area contributed by atoms with Gasteiger partial charge >= 0.3 is 5.97 Å². The summed E-state index contributed by atoms with van der Waals surface area (Å²) >= 11 is 0. The number of carbonyl (C=O) groups excluding carboxylic acids is 1. The van der Waals surface area contributed by atoms with Gasteiger partial charge in [-0.1, -0.05) is 37.6 Å². The summed E-state index contributed by atoms with van der Waals surface area (Å²) in [6, 6.07) is 8.01. The minimum absolute atomic E-state index is 0.108. The average molecular weight is 366 g/mol. The summed E-state index contributed by atoms with van der Waals surface area (Å²) in [5, 5.41) is 9.51. The molecule has 25 heavy (non-hydrogen) atoms. The van der Waals surface area contributed by atoms with Crippen LogP contribution < -0.4 is 0 Å². The highest BCUT2D eigenvalue weighted by atomic mass is 32.2. The van der Waals surface area contributed by atoms with E-state index >= 15 is 0 Å². The van der Waals surface area contributed by atoms with Gasteiger partial charge in [0.25, 0.3) is 0 Å². The highest BCUT2D eigenvalue weighted by Crippen LogP contribution is 2.47. The molecule has 2 rings (SSSR count). The quantitative estimate of drug-likeness (QED) is 0.537. The Kier molecular flexibility index (Phi) is 6.41. The van der Waals surface area contributed by atoms with E-state index in [2.05, 4.69) is 6.58 Å². The van der Waals surface area contributed by atoms with E-state index in [-0.39, 0.29) is 24.3 Å². The molecule has 1 aromatic rings. The number of aliphatic hydroxyl groups is 1. The normalized spacial score (nSPS) is 26.4. The first-order valence-corrected chi connectivity index (χ1v) is 10.2. The largest absolute Gasteiger partial charge is 0.461 e. The number of aliphatic hydroxyl groups excluding tert-OH is 1. The minimum atomic E-state index is -3.98. The topological polar surface area (TPSA) is 80.7 Å². The van der Waals surface area contributed by atoms with Crippen LogP contribution >= 0.6 is 0 Å². The Morgan fingerprint density at radius 1 is 1.28 bits per heavy atom. The van der Waals surface area contributed by atoms with Crippen molar-refractivity contribution < 1.29 is 23.1 Å². The molecule has 0 unspecified atom stereocenters. The lowest BCUT2D eigenvalue weighted by Crippen LogP contribution is -2.49. The van der Waals surface area contributed by atoms with Crippen LogP contribution in [0.5, 0.6) is 0 Å². The number of hydrogen-bond donors (Lipinski definition) is 1. The summed E-state index contributed by atoms with van der Waals surface area (Å²) in [5.74, 6) is -1.27. The number of carbonyl (C=O) groups is 1. The standard InChI is InChI=1S/C19H26O5S/c1-3-5-13-19(25(22,23)15-10-7-6-8-11-15)16(12-14-20)17(9-4-2)24-18(19)21/h3,6-8,10-11,16-17,20H,1,4-5,9,12-14H2,2H3/t16-,17-,19+/m1/s1. The fraction of sp³-hybridized carbons (Fsp3) is 0.526. The van der Waals surface area contributed by atoms with Gasteiger partial charge in [0.15, 0.2) is 14.6 Å². The second-order valence-electron chi connectivity index (χ2n) is 6.38. The van der Waals surface area contributed by atoms with Crippen LogP contribution in [0.1, 0.15) is 39.0 Å². The third-order valence-electron chi connectivity index (χ3n) is 4.92. The molecule has 138 valence electrons. The number of rotatable bonds is 9. The van der Waals surface area contributed by atoms with Crippen LogP contribution in [-0.2, 0) is 19.4 Å². The zero-order chi connectivity index (χ0) is 18.5. The Morgan fingerprint density at radius 2 is 1.96 bits per heavy atom. The van der Waals surface area contributed by atoms with Crippen molar-refractivity contribution in [2.24, 2.45) is 5.92 Å². The molecule has 1 heterocycles. The summed E-state index contributed by atoms with van der Waals surface area (Å²) < 4.78 is 30.8. The van der Waals surface area contributed by atoms with Crippen molar-refractivity contribution in [3.05, 3.63) is 43.0 Å². The lowest BCUT2D eigenvalue weighted by molar-refractivity contribution is -0.143. The number of benzene rings is 1. The van der Waals surface area contributed by atoms with Crippen molar-refractivity contribution in [1.82, 2.24) is 0 Å². The second-order valence-corrected chi connectivity index (χ2v) is 8.59. The predicted octanol–water partition coefficient (Wildman–Crippen LogP) is 2.89. The molecule has 0 radical (unpaired) electrons. The van der Waals surface area contributed by atoms with E-state index in [1.807, 2.05) is 6.92 Å². The van der Waals surface area contributed by atoms with E-state index in [0.717, 1.165) is 6.42 Å². The molecule has 0 saturated carbocycles. The van der Waals surface area contributed by atoms with Crippen molar-refractivity contribution in [3.63, 3.8) is 0 Å². The van der Waals surface area contributed by atoms with E-state index in [1.54, 1.807) is 24.3 Å². The van der Waals surface area contributed by atoms with Gasteiger partial charge in [0.2, 0.25) is 0 Å². The van der Waals surface area contributed by atoms with E-state index in [4.69, 9.17) is 4.74 Å². The number of allylic oxidation sites excluding steroid dienone is 1. The second kappa shape index (κ2) is 8.15. The molecule has 1 saturated heterocycles. The van der Waals surface area contributed by atoms with Gasteiger partial charge < -0.3 is 9.84 Å². The summed E-state index contributed by atoms with van der Waals surface area (Å²) in [5.41, 5.74) is 0. The zero-order valence-corrected chi connectivity index (χ0v) is 15.4. The van der Waals surface area contributed by atoms with Crippen LogP contribution in [0.2, 0.25) is 0 Å². The maximum atomic E-state index is 13.5. The lowest BCUT2D eigenvalue weighted by atomic mass is 9.82. The number of cyclic esters (lactones) is 1. The first-order valence-electron chi connectivity index (χ1n) is 8.68. The summed E-state index contributed by atoms with van der Waals surface area (Å²) in [4.78, 5) is 13.0. The third-order valence-corrected chi connectivity index (χ3v) is 7.44. The molecular formula is C19H26O5S. The number of sulfone groups is 1. The third kappa shape index (κ3) is 3.37. The maximum Gasteiger partial charge on any atom is 0.328 e. The molecule has 0 spiro atoms. The molecule has 0 aliphatic carbocycles. The number of esters is 1. The number of hydrogen-bond acceptors (Lipinski definition) is 5. The summed E-state index contributed by atoms with van der Waals surface area (Å²) in [6.07, 6.45) is 3.16. The Balaban J connectivity index is 2.62. The smallest absolute Gasteiger partial charge is 0.328 e. The van der Waals surface area contributed by atoms with Crippen LogP contribution in [0.15, 0.2) is 47.9 Å². The molecule has 6 heteroatoms. The van der Waals surface area contributed by atoms with Gasteiger partial charge in [0.05, 0.1) is 4.90 Å². The van der Waals surface area contributed by atoms with Gasteiger partial charge in [-0.2, -0.15) is 0 Å². The summed E-state index contributed by atoms with van der Waals surface area (Å²) in [6.45, 7) is 5.43. The van der Waals surface area contributed by atoms with E-state index in [9.17, 15) is 18.3 Å². The first kappa shape index (κ1) is 19.7. The molecule has 1 N–H and O–H groups in total. The van der Waals surface area contributed by atoms with Crippen molar-refractivity contribution in [2.75, 3.05) is 6.61 Å². The fourth-order valence-corrected chi connectivity index (χ4v) is 5.99. The van der Waals surface area contributed by atoms with E-state index in [0.29, 0.717) is 12.8 Å². The Bertz CT molecular complexity index is 698. The fourth-order valence-electron chi connectivity index (χ4n) is 3.73. The molecule has 5 nitrogen and oxygen atoms in total. The molecule has 1 fully saturated rings. The molecule has 1 aliphatic rings. The maximum absolute atomic E-state index is 13.5. The van der Waals surface area contributed by atoms with Crippen LogP contribution in [0.4, 0.5) is 0 Å². The van der Waals surface area contributed by atoms with Crippen LogP contribution in [0.25, 0.3) is 0 Å². The molecule has 3 atom stereocenters. The van der Waals surface area contributed by atoms with Crippen molar-refractivity contribution in [3.8, 4) is 0 Å². The molecule has 1 aliphatic heterocycles. The monoisotopic (exact) mass is 366 g/mol. The van der Waals surface area contributed by atoms with Gasteiger partial charge in [0, 0.05) is 12.5 Å². The lowest BCUT2D eigenvalue weighted by Gasteiger charge is -2.32. The van der Waals surface area contributed by atoms with Gasteiger partial charge in [-0.05, 0) is 37.8 Å². The van der Waals surface area contributed by atoms with E-state index in [1.165, 1.54) is 12.1 Å². The average Bonchev–Trinajstić information content (AvgIpc) is 2.87. The first-order chi connectivity index (χ1) is 12.0. The van der Waals surface area contributed by atoms with Crippen LogP contribution in [0.3, 0.4) is 0 Å². The van der Waals surface area contributed by atoms with Gasteiger partial charge in [-0.3, -0.25) is 4.79 Å². The molecular weight excluding hydrogens is 340 g/mol. The molecule has 1 aromatic carbocycles. The summed E-state index contributed by atoms with van der Waals surface area (Å²) in [7, 11) is -3.98. The van der Waals surface area contributed by atoms with E-state index < -0.39 is 32.6 Å². The molecule has 0 bridgehead atoms. The zero-order valence-electron chi connectivity index (χ0n) is 14.6. The SMILES string of the molecule is C=CCC[C@@]1(S(=O)(=O)c2ccccc2)C(=O)O[C@H](CCC)[C@H]1CCO. The van der Waals surface area contributed by atoms with Crippen LogP contribution in [-0.4, -0.2) is 37.0 Å². The molecule has 0 aromatic heterocycles. The van der Waals surface area contributed by atoms with Gasteiger partial charge in [-0.15, -0.1) is 6.58 Å². The van der Waals surface area contributed by atoms with Crippen molar-refractivity contribution in [2.45, 2.75) is 54.8 Å². The predicted molar refractivity (Wildman–Crippen MR) is 95.8 cm³/mol. The van der Waals surface area contributed by atoms with Crippen molar-refractivity contribution in [1.29, 1.82) is 0 Å². The van der Waals surface area contributed by atoms with Crippen molar-refractivity contribution >= 4 is 15.8 Å². The van der Waals surface area contributed by atoms with Gasteiger partial charge in [0.1, 0.15) is 6.10 Å². The highest BCUT2D eigenvalue weighted by Gasteiger charge is 2.64. The van der Waals surface area contributed by atoms with Gasteiger partial charge in [-0.25, -0.2) is 8.42 Å².